The molecule has 0 bridgehead atoms. The van der Waals surface area contributed by atoms with E-state index in [0.29, 0.717) is 12.2 Å². The normalized spacial score (nSPS) is 22.1. The van der Waals surface area contributed by atoms with Gasteiger partial charge in [-0.25, -0.2) is 9.37 Å². The fourth-order valence-electron chi connectivity index (χ4n) is 6.14. The first kappa shape index (κ1) is 28.6. The van der Waals surface area contributed by atoms with Gasteiger partial charge in [0.25, 0.3) is 5.56 Å². The number of methoxy groups -OCH3 is 1. The molecule has 2 aromatic heterocycles. The van der Waals surface area contributed by atoms with Gasteiger partial charge < -0.3 is 19.9 Å². The molecule has 0 amide bonds. The summed E-state index contributed by atoms with van der Waals surface area (Å²) in [6.07, 6.45) is -0.763. The second-order valence-electron chi connectivity index (χ2n) is 10.9. The maximum atomic E-state index is 15.7. The molecule has 43 heavy (non-hydrogen) atoms. The Hall–Kier alpha value is -4.54. The van der Waals surface area contributed by atoms with Crippen molar-refractivity contribution in [1.29, 1.82) is 0 Å². The van der Waals surface area contributed by atoms with Crippen LogP contribution >= 0.6 is 0 Å². The molecule has 4 atom stereocenters. The van der Waals surface area contributed by atoms with Gasteiger partial charge in [-0.2, -0.15) is 4.98 Å². The molecule has 9 nitrogen and oxygen atoms in total. The predicted octanol–water partition coefficient (Wildman–Crippen LogP) is 5.18. The van der Waals surface area contributed by atoms with Crippen LogP contribution in [0.2, 0.25) is 0 Å². The van der Waals surface area contributed by atoms with Crippen molar-refractivity contribution in [3.63, 3.8) is 0 Å². The van der Waals surface area contributed by atoms with Crippen molar-refractivity contribution in [2.24, 2.45) is 5.92 Å². The number of fused-ring (bicyclic) bond motifs is 1. The number of imidazole rings is 1. The number of H-pyrrole nitrogens is 1. The van der Waals surface area contributed by atoms with Gasteiger partial charge in [-0.1, -0.05) is 86.6 Å². The van der Waals surface area contributed by atoms with E-state index in [4.69, 9.17) is 14.5 Å². The van der Waals surface area contributed by atoms with Crippen molar-refractivity contribution in [3.8, 4) is 5.75 Å². The van der Waals surface area contributed by atoms with Crippen molar-refractivity contribution >= 4 is 17.1 Å². The molecule has 1 aliphatic rings. The number of anilines is 1. The van der Waals surface area contributed by atoms with Crippen LogP contribution in [-0.4, -0.2) is 50.1 Å². The van der Waals surface area contributed by atoms with Crippen LogP contribution in [0, 0.1) is 5.92 Å². The van der Waals surface area contributed by atoms with Gasteiger partial charge in [0.2, 0.25) is 5.95 Å². The van der Waals surface area contributed by atoms with Crippen molar-refractivity contribution in [1.82, 2.24) is 19.5 Å². The lowest BCUT2D eigenvalue weighted by Gasteiger charge is -2.37. The zero-order valence-electron chi connectivity index (χ0n) is 24.2. The Kier molecular flexibility index (Phi) is 7.49. The maximum Gasteiger partial charge on any atom is 0.280 e. The van der Waals surface area contributed by atoms with Gasteiger partial charge in [0.05, 0.1) is 25.6 Å². The largest absolute Gasteiger partial charge is 0.497 e. The van der Waals surface area contributed by atoms with E-state index in [-0.39, 0.29) is 23.7 Å². The fourth-order valence-corrected chi connectivity index (χ4v) is 6.14. The van der Waals surface area contributed by atoms with E-state index in [9.17, 15) is 9.90 Å². The molecule has 0 saturated carbocycles. The molecular weight excluding hydrogens is 549 g/mol. The van der Waals surface area contributed by atoms with E-state index in [0.717, 1.165) is 16.7 Å². The first-order valence-electron chi connectivity index (χ1n) is 14.3. The van der Waals surface area contributed by atoms with E-state index in [2.05, 4.69) is 15.3 Å². The van der Waals surface area contributed by atoms with Crippen LogP contribution in [0.5, 0.6) is 5.75 Å². The third kappa shape index (κ3) is 4.67. The zero-order valence-corrected chi connectivity index (χ0v) is 24.2. The fraction of sp³-hybridized carbons (Fsp3) is 0.303. The highest BCUT2D eigenvalue weighted by Crippen LogP contribution is 2.46. The summed E-state index contributed by atoms with van der Waals surface area (Å²) in [5.74, 6) is 0.282. The number of hydrogen-bond acceptors (Lipinski definition) is 7. The summed E-state index contributed by atoms with van der Waals surface area (Å²) >= 11 is 0. The highest BCUT2D eigenvalue weighted by Gasteiger charge is 2.53. The monoisotopic (exact) mass is 583 g/mol. The number of ether oxygens (including phenoxy) is 2. The lowest BCUT2D eigenvalue weighted by molar-refractivity contribution is -0.113. The Labute approximate surface area is 248 Å². The molecule has 5 aromatic rings. The summed E-state index contributed by atoms with van der Waals surface area (Å²) in [6, 6.07) is 27.4. The third-order valence-electron chi connectivity index (χ3n) is 8.75. The molecule has 3 N–H and O–H groups in total. The summed E-state index contributed by atoms with van der Waals surface area (Å²) in [5.41, 5.74) is 0.356. The van der Waals surface area contributed by atoms with Crippen LogP contribution < -0.4 is 15.6 Å². The highest BCUT2D eigenvalue weighted by atomic mass is 19.1. The smallest absolute Gasteiger partial charge is 0.280 e. The van der Waals surface area contributed by atoms with E-state index in [1.165, 1.54) is 10.9 Å². The molecule has 1 saturated heterocycles. The Morgan fingerprint density at radius 3 is 2.19 bits per heavy atom. The molecule has 1 fully saturated rings. The summed E-state index contributed by atoms with van der Waals surface area (Å²) < 4.78 is 28.7. The number of aliphatic hydroxyl groups is 1. The number of hydrogen-bond donors (Lipinski definition) is 3. The van der Waals surface area contributed by atoms with E-state index in [1.807, 2.05) is 91.9 Å². The average Bonchev–Trinajstić information content (AvgIpc) is 3.59. The molecule has 0 aliphatic carbocycles. The summed E-state index contributed by atoms with van der Waals surface area (Å²) in [4.78, 5) is 25.3. The minimum Gasteiger partial charge on any atom is -0.497 e. The van der Waals surface area contributed by atoms with Crippen LogP contribution in [0.1, 0.15) is 43.2 Å². The van der Waals surface area contributed by atoms with Gasteiger partial charge in [0, 0.05) is 5.92 Å². The summed E-state index contributed by atoms with van der Waals surface area (Å²) in [5, 5.41) is 13.7. The number of benzene rings is 3. The number of aromatic nitrogens is 4. The number of rotatable bonds is 9. The number of aromatic amines is 1. The molecule has 222 valence electrons. The number of nitrogens with one attached hydrogen (secondary N) is 2. The van der Waals surface area contributed by atoms with Crippen molar-refractivity contribution in [2.45, 2.75) is 43.8 Å². The van der Waals surface area contributed by atoms with Gasteiger partial charge in [-0.05, 0) is 35.2 Å². The summed E-state index contributed by atoms with van der Waals surface area (Å²) in [7, 11) is 1.61. The van der Waals surface area contributed by atoms with Crippen LogP contribution in [0.4, 0.5) is 10.3 Å². The molecule has 3 heterocycles. The van der Waals surface area contributed by atoms with Crippen LogP contribution in [0.15, 0.2) is 96.1 Å². The predicted molar refractivity (Wildman–Crippen MR) is 162 cm³/mol. The lowest BCUT2D eigenvalue weighted by atomic mass is 9.77. The molecule has 1 aliphatic heterocycles. The third-order valence-corrected chi connectivity index (χ3v) is 8.75. The first-order chi connectivity index (χ1) is 20.9. The number of nitrogens with zero attached hydrogens (tertiary/aromatic N) is 3. The van der Waals surface area contributed by atoms with E-state index >= 15 is 4.39 Å². The van der Waals surface area contributed by atoms with E-state index < -0.39 is 35.0 Å². The van der Waals surface area contributed by atoms with Gasteiger partial charge in [-0.15, -0.1) is 0 Å². The Morgan fingerprint density at radius 2 is 1.65 bits per heavy atom. The van der Waals surface area contributed by atoms with Crippen molar-refractivity contribution in [3.05, 3.63) is 118 Å². The van der Waals surface area contributed by atoms with Crippen LogP contribution in [0.3, 0.4) is 0 Å². The first-order valence-corrected chi connectivity index (χ1v) is 14.3. The second-order valence-corrected chi connectivity index (χ2v) is 10.9. The quantitative estimate of drug-likeness (QED) is 0.205. The summed E-state index contributed by atoms with van der Waals surface area (Å²) in [6.45, 7) is 3.25. The van der Waals surface area contributed by atoms with Gasteiger partial charge in [-0.3, -0.25) is 14.3 Å². The number of aliphatic hydroxyl groups excluding tert-OH is 1. The SMILES string of the molecule is CC[C@@]1(CO)O[C@@H](n2cnc3c(=O)[nH]c(NC(c4ccccc4)(c4ccccc4)c4ccc(OC)cc4)nc32)[C@H](F)[C@@H]1C. The Morgan fingerprint density at radius 1 is 1.05 bits per heavy atom. The minimum atomic E-state index is -1.45. The van der Waals surface area contributed by atoms with E-state index in [1.54, 1.807) is 14.0 Å². The van der Waals surface area contributed by atoms with Gasteiger partial charge >= 0.3 is 0 Å². The van der Waals surface area contributed by atoms with Gasteiger partial charge in [0.1, 0.15) is 11.3 Å². The topological polar surface area (TPSA) is 114 Å². The molecule has 0 spiro atoms. The second kappa shape index (κ2) is 11.3. The maximum absolute atomic E-state index is 15.7. The molecule has 0 radical (unpaired) electrons. The molecular formula is C33H34FN5O4. The standard InChI is InChI=1S/C33H34FN5O4/c1-4-32(19-40)21(2)26(34)30(43-32)39-20-35-27-28(39)36-31(37-29(27)41)38-33(22-11-7-5-8-12-22,23-13-9-6-10-14-23)24-15-17-25(42-3)18-16-24/h5-18,20-21,26,30,40H,4,19H2,1-3H3,(H2,36,37,38,41)/t21-,26+,30+,32-/m0/s1. The number of alkyl halides is 1. The molecule has 6 rings (SSSR count). The molecule has 0 unspecified atom stereocenters. The minimum absolute atomic E-state index is 0.0569. The van der Waals surface area contributed by atoms with Gasteiger partial charge in [0.15, 0.2) is 23.6 Å². The lowest BCUT2D eigenvalue weighted by Crippen LogP contribution is -2.39. The van der Waals surface area contributed by atoms with Crippen LogP contribution in [-0.2, 0) is 10.3 Å². The van der Waals surface area contributed by atoms with Crippen molar-refractivity contribution < 1.29 is 19.0 Å². The molecule has 10 heteroatoms. The zero-order chi connectivity index (χ0) is 30.2. The Bertz CT molecular complexity index is 1710. The average molecular weight is 584 g/mol. The Balaban J connectivity index is 1.53. The highest BCUT2D eigenvalue weighted by molar-refractivity contribution is 5.71. The number of halogens is 1. The van der Waals surface area contributed by atoms with Crippen LogP contribution in [0.25, 0.3) is 11.2 Å². The van der Waals surface area contributed by atoms with Crippen molar-refractivity contribution in [2.75, 3.05) is 19.0 Å². The molecule has 3 aromatic carbocycles.